The highest BCUT2D eigenvalue weighted by molar-refractivity contribution is 7.89. The van der Waals surface area contributed by atoms with Gasteiger partial charge in [0.05, 0.1) is 0 Å². The maximum Gasteiger partial charge on any atom is 0.253 e. The fourth-order valence-electron chi connectivity index (χ4n) is 3.33. The van der Waals surface area contributed by atoms with Crippen molar-refractivity contribution in [1.29, 1.82) is 0 Å². The molecule has 28 heavy (non-hydrogen) atoms. The second kappa shape index (κ2) is 8.70. The molecule has 3 rings (SSSR count). The van der Waals surface area contributed by atoms with Crippen LogP contribution in [0.4, 0.5) is 5.82 Å². The fourth-order valence-corrected chi connectivity index (χ4v) is 4.73. The summed E-state index contributed by atoms with van der Waals surface area (Å²) in [6.45, 7) is 7.03. The molecular weight excluding hydrogens is 376 g/mol. The van der Waals surface area contributed by atoms with E-state index in [-0.39, 0.29) is 10.8 Å². The predicted octanol–water partition coefficient (Wildman–Crippen LogP) is 2.07. The average molecular weight is 403 g/mol. The molecule has 1 aliphatic heterocycles. The first-order valence-electron chi connectivity index (χ1n) is 9.52. The number of piperazine rings is 1. The summed E-state index contributed by atoms with van der Waals surface area (Å²) in [5, 5.41) is 0. The minimum atomic E-state index is -3.50. The van der Waals surface area contributed by atoms with Gasteiger partial charge in [0.25, 0.3) is 5.91 Å². The Hall–Kier alpha value is -2.45. The molecule has 0 aliphatic carbocycles. The van der Waals surface area contributed by atoms with Gasteiger partial charge in [-0.05, 0) is 24.3 Å². The minimum absolute atomic E-state index is 0.0360. The first-order chi connectivity index (χ1) is 13.5. The van der Waals surface area contributed by atoms with Crippen LogP contribution in [0.3, 0.4) is 0 Å². The molecule has 0 saturated carbocycles. The lowest BCUT2D eigenvalue weighted by Gasteiger charge is -2.35. The van der Waals surface area contributed by atoms with E-state index in [4.69, 9.17) is 0 Å². The number of hydrogen-bond donors (Lipinski definition) is 0. The predicted molar refractivity (Wildman–Crippen MR) is 109 cm³/mol. The van der Waals surface area contributed by atoms with E-state index < -0.39 is 10.0 Å². The largest absolute Gasteiger partial charge is 0.353 e. The van der Waals surface area contributed by atoms with Crippen LogP contribution < -0.4 is 4.90 Å². The van der Waals surface area contributed by atoms with Gasteiger partial charge in [0.15, 0.2) is 0 Å². The Morgan fingerprint density at radius 2 is 1.64 bits per heavy atom. The molecule has 1 saturated heterocycles. The number of hydrogen-bond acceptors (Lipinski definition) is 5. The number of aromatic nitrogens is 1. The molecule has 1 amide bonds. The van der Waals surface area contributed by atoms with Crippen LogP contribution in [-0.4, -0.2) is 67.8 Å². The number of sulfonamides is 1. The van der Waals surface area contributed by atoms with Crippen LogP contribution in [0.2, 0.25) is 0 Å². The van der Waals surface area contributed by atoms with Crippen LogP contribution in [0, 0.1) is 0 Å². The van der Waals surface area contributed by atoms with Gasteiger partial charge in [-0.3, -0.25) is 4.79 Å². The highest BCUT2D eigenvalue weighted by Gasteiger charge is 2.25. The Labute approximate surface area is 166 Å². The summed E-state index contributed by atoms with van der Waals surface area (Å²) in [5.74, 6) is 0.763. The van der Waals surface area contributed by atoms with Crippen LogP contribution >= 0.6 is 0 Å². The van der Waals surface area contributed by atoms with E-state index >= 15 is 0 Å². The number of pyridine rings is 1. The number of carbonyl (C=O) groups excluding carboxylic acids is 1. The van der Waals surface area contributed by atoms with Crippen molar-refractivity contribution in [2.75, 3.05) is 44.2 Å². The Morgan fingerprint density at radius 3 is 2.18 bits per heavy atom. The maximum absolute atomic E-state index is 12.6. The van der Waals surface area contributed by atoms with E-state index in [2.05, 4.69) is 9.88 Å². The molecule has 7 nitrogen and oxygen atoms in total. The molecule has 1 aliphatic rings. The van der Waals surface area contributed by atoms with Gasteiger partial charge in [-0.25, -0.2) is 13.4 Å². The quantitative estimate of drug-likeness (QED) is 0.740. The van der Waals surface area contributed by atoms with Crippen LogP contribution in [-0.2, 0) is 10.0 Å². The summed E-state index contributed by atoms with van der Waals surface area (Å²) in [6.07, 6.45) is 1.42. The van der Waals surface area contributed by atoms with Crippen LogP contribution in [0.5, 0.6) is 0 Å². The fraction of sp³-hybridized carbons (Fsp3) is 0.400. The molecule has 150 valence electrons. The topological polar surface area (TPSA) is 73.8 Å². The maximum atomic E-state index is 12.6. The van der Waals surface area contributed by atoms with E-state index in [1.165, 1.54) is 10.5 Å². The third-order valence-corrected chi connectivity index (χ3v) is 7.01. The van der Waals surface area contributed by atoms with Gasteiger partial charge in [0.1, 0.15) is 10.7 Å². The summed E-state index contributed by atoms with van der Waals surface area (Å²) in [4.78, 5) is 21.0. The molecule has 1 aromatic heterocycles. The number of carbonyl (C=O) groups is 1. The third kappa shape index (κ3) is 4.18. The molecule has 0 radical (unpaired) electrons. The van der Waals surface area contributed by atoms with Crippen molar-refractivity contribution >= 4 is 21.7 Å². The van der Waals surface area contributed by atoms with Crippen molar-refractivity contribution in [3.8, 4) is 0 Å². The Balaban J connectivity index is 1.64. The Bertz CT molecular complexity index is 889. The molecule has 1 fully saturated rings. The molecule has 0 spiro atoms. The highest BCUT2D eigenvalue weighted by Crippen LogP contribution is 2.19. The monoisotopic (exact) mass is 402 g/mol. The zero-order valence-corrected chi connectivity index (χ0v) is 17.1. The highest BCUT2D eigenvalue weighted by atomic mass is 32.2. The lowest BCUT2D eigenvalue weighted by Crippen LogP contribution is -2.49. The molecule has 0 N–H and O–H groups in total. The van der Waals surface area contributed by atoms with Crippen molar-refractivity contribution in [3.63, 3.8) is 0 Å². The summed E-state index contributed by atoms with van der Waals surface area (Å²) in [5.41, 5.74) is 0.694. The third-order valence-electron chi connectivity index (χ3n) is 4.98. The summed E-state index contributed by atoms with van der Waals surface area (Å²) in [6, 6.07) is 12.6. The molecule has 0 unspecified atom stereocenters. The van der Waals surface area contributed by atoms with Gasteiger partial charge < -0.3 is 9.80 Å². The number of rotatable bonds is 6. The van der Waals surface area contributed by atoms with E-state index in [0.29, 0.717) is 44.8 Å². The average Bonchev–Trinajstić information content (AvgIpc) is 2.75. The molecule has 2 heterocycles. The van der Waals surface area contributed by atoms with Gasteiger partial charge >= 0.3 is 0 Å². The number of anilines is 1. The van der Waals surface area contributed by atoms with E-state index in [9.17, 15) is 13.2 Å². The van der Waals surface area contributed by atoms with E-state index in [1.54, 1.807) is 12.1 Å². The second-order valence-electron chi connectivity index (χ2n) is 6.59. The second-order valence-corrected chi connectivity index (χ2v) is 8.52. The summed E-state index contributed by atoms with van der Waals surface area (Å²) < 4.78 is 26.5. The van der Waals surface area contributed by atoms with Crippen LogP contribution in [0.25, 0.3) is 0 Å². The molecule has 0 atom stereocenters. The van der Waals surface area contributed by atoms with Crippen molar-refractivity contribution in [3.05, 3.63) is 54.2 Å². The van der Waals surface area contributed by atoms with E-state index in [1.807, 2.05) is 49.1 Å². The number of amides is 1. The lowest BCUT2D eigenvalue weighted by atomic mass is 10.2. The van der Waals surface area contributed by atoms with Gasteiger partial charge in [0.2, 0.25) is 10.0 Å². The van der Waals surface area contributed by atoms with Crippen LogP contribution in [0.1, 0.15) is 24.2 Å². The smallest absolute Gasteiger partial charge is 0.253 e. The van der Waals surface area contributed by atoms with Crippen molar-refractivity contribution in [2.24, 2.45) is 0 Å². The van der Waals surface area contributed by atoms with Gasteiger partial charge in [-0.2, -0.15) is 4.31 Å². The first-order valence-corrected chi connectivity index (χ1v) is 11.0. The van der Waals surface area contributed by atoms with Gasteiger partial charge in [-0.1, -0.05) is 32.0 Å². The lowest BCUT2D eigenvalue weighted by molar-refractivity contribution is 0.0746. The molecule has 0 bridgehead atoms. The molecular formula is C20H26N4O3S. The molecule has 8 heteroatoms. The van der Waals surface area contributed by atoms with Crippen molar-refractivity contribution < 1.29 is 13.2 Å². The SMILES string of the molecule is CCN(CC)S(=O)(=O)c1ccc(N2CCN(C(=O)c3ccccc3)CC2)nc1. The normalized spacial score (nSPS) is 15.1. The zero-order chi connectivity index (χ0) is 20.1. The number of nitrogens with zero attached hydrogens (tertiary/aromatic N) is 4. The Kier molecular flexibility index (Phi) is 6.31. The van der Waals surface area contributed by atoms with Crippen molar-refractivity contribution in [2.45, 2.75) is 18.7 Å². The molecule has 1 aromatic carbocycles. The summed E-state index contributed by atoms with van der Waals surface area (Å²) >= 11 is 0. The molecule has 2 aromatic rings. The van der Waals surface area contributed by atoms with Gasteiger partial charge in [0, 0.05) is 51.0 Å². The standard InChI is InChI=1S/C20H26N4O3S/c1-3-24(4-2)28(26,27)18-10-11-19(21-16-18)22-12-14-23(15-13-22)20(25)17-8-6-5-7-9-17/h5-11,16H,3-4,12-15H2,1-2H3. The van der Waals surface area contributed by atoms with Crippen molar-refractivity contribution in [1.82, 2.24) is 14.2 Å². The minimum Gasteiger partial charge on any atom is -0.353 e. The van der Waals surface area contributed by atoms with E-state index in [0.717, 1.165) is 5.82 Å². The Morgan fingerprint density at radius 1 is 1.00 bits per heavy atom. The van der Waals surface area contributed by atoms with Gasteiger partial charge in [-0.15, -0.1) is 0 Å². The summed E-state index contributed by atoms with van der Waals surface area (Å²) in [7, 11) is -3.50. The zero-order valence-electron chi connectivity index (χ0n) is 16.3. The van der Waals surface area contributed by atoms with Crippen LogP contribution in [0.15, 0.2) is 53.6 Å². The first kappa shape index (κ1) is 20.3. The number of benzene rings is 1.